The molecule has 0 amide bonds. The second-order valence-corrected chi connectivity index (χ2v) is 4.10. The van der Waals surface area contributed by atoms with Gasteiger partial charge in [0.15, 0.2) is 5.15 Å². The summed E-state index contributed by atoms with van der Waals surface area (Å²) < 4.78 is 2.00. The molecule has 0 aliphatic rings. The number of hydrogen-bond acceptors (Lipinski definition) is 3. The Balaban J connectivity index is 2.02. The van der Waals surface area contributed by atoms with Crippen LogP contribution in [0.4, 0.5) is 5.69 Å². The highest BCUT2D eigenvalue weighted by molar-refractivity contribution is 6.31. The van der Waals surface area contributed by atoms with Gasteiger partial charge in [-0.25, -0.2) is 4.98 Å². The minimum atomic E-state index is 0.494. The molecule has 2 heterocycles. The first-order valence-electron chi connectivity index (χ1n) is 5.66. The van der Waals surface area contributed by atoms with Gasteiger partial charge in [0.05, 0.1) is 17.9 Å². The third-order valence-electron chi connectivity index (χ3n) is 2.46. The summed E-state index contributed by atoms with van der Waals surface area (Å²) in [5, 5.41) is 8.02. The maximum absolute atomic E-state index is 5.97. The van der Waals surface area contributed by atoms with Gasteiger partial charge in [0.1, 0.15) is 0 Å². The average molecular weight is 251 g/mol. The van der Waals surface area contributed by atoms with Crippen molar-refractivity contribution in [2.45, 2.75) is 26.4 Å². The van der Waals surface area contributed by atoms with E-state index in [0.717, 1.165) is 24.3 Å². The molecule has 0 saturated carbocycles. The second kappa shape index (κ2) is 5.68. The predicted octanol–water partition coefficient (Wildman–Crippen LogP) is 2.95. The summed E-state index contributed by atoms with van der Waals surface area (Å²) in [6, 6.07) is 5.78. The van der Waals surface area contributed by atoms with E-state index in [1.807, 2.05) is 29.1 Å². The smallest absolute Gasteiger partial charge is 0.152 e. The van der Waals surface area contributed by atoms with Crippen LogP contribution < -0.4 is 5.32 Å². The highest BCUT2D eigenvalue weighted by Gasteiger charge is 2.03. The van der Waals surface area contributed by atoms with Crippen LogP contribution in [-0.4, -0.2) is 14.8 Å². The van der Waals surface area contributed by atoms with Gasteiger partial charge >= 0.3 is 0 Å². The average Bonchev–Trinajstić information content (AvgIpc) is 2.76. The van der Waals surface area contributed by atoms with Crippen molar-refractivity contribution in [1.82, 2.24) is 14.8 Å². The molecule has 90 valence electrons. The zero-order valence-electron chi connectivity index (χ0n) is 9.73. The molecule has 2 aromatic heterocycles. The van der Waals surface area contributed by atoms with Crippen molar-refractivity contribution in [3.8, 4) is 0 Å². The van der Waals surface area contributed by atoms with E-state index in [2.05, 4.69) is 22.3 Å². The van der Waals surface area contributed by atoms with Gasteiger partial charge in [0.2, 0.25) is 0 Å². The number of anilines is 1. The monoisotopic (exact) mass is 250 g/mol. The van der Waals surface area contributed by atoms with E-state index < -0.39 is 0 Å². The molecule has 0 radical (unpaired) electrons. The van der Waals surface area contributed by atoms with E-state index in [0.29, 0.717) is 11.7 Å². The SMILES string of the molecule is CCCn1nccc1CNc1cccnc1Cl. The lowest BCUT2D eigenvalue weighted by atomic mass is 10.3. The molecule has 0 aliphatic heterocycles. The maximum atomic E-state index is 5.97. The van der Waals surface area contributed by atoms with Crippen LogP contribution in [-0.2, 0) is 13.1 Å². The summed E-state index contributed by atoms with van der Waals surface area (Å²) in [6.07, 6.45) is 4.56. The van der Waals surface area contributed by atoms with Crippen molar-refractivity contribution < 1.29 is 0 Å². The zero-order valence-corrected chi connectivity index (χ0v) is 10.5. The molecule has 0 saturated heterocycles. The largest absolute Gasteiger partial charge is 0.377 e. The summed E-state index contributed by atoms with van der Waals surface area (Å²) in [4.78, 5) is 4.02. The molecule has 0 bridgehead atoms. The number of nitrogens with one attached hydrogen (secondary N) is 1. The normalized spacial score (nSPS) is 10.5. The van der Waals surface area contributed by atoms with Crippen molar-refractivity contribution in [1.29, 1.82) is 0 Å². The molecule has 0 spiro atoms. The van der Waals surface area contributed by atoms with Crippen LogP contribution in [0.1, 0.15) is 19.0 Å². The number of hydrogen-bond donors (Lipinski definition) is 1. The third kappa shape index (κ3) is 2.97. The first kappa shape index (κ1) is 11.9. The summed E-state index contributed by atoms with van der Waals surface area (Å²) in [5.41, 5.74) is 1.99. The molecule has 0 aliphatic carbocycles. The van der Waals surface area contributed by atoms with Crippen LogP contribution >= 0.6 is 11.6 Å². The van der Waals surface area contributed by atoms with E-state index in [1.54, 1.807) is 6.20 Å². The molecular weight excluding hydrogens is 236 g/mol. The van der Waals surface area contributed by atoms with Gasteiger partial charge in [-0.15, -0.1) is 0 Å². The number of aromatic nitrogens is 3. The molecule has 4 nitrogen and oxygen atoms in total. The lowest BCUT2D eigenvalue weighted by Crippen LogP contribution is -2.09. The Morgan fingerprint density at radius 3 is 3.00 bits per heavy atom. The molecule has 0 aromatic carbocycles. The van der Waals surface area contributed by atoms with Crippen molar-refractivity contribution in [2.75, 3.05) is 5.32 Å². The van der Waals surface area contributed by atoms with Crippen molar-refractivity contribution in [2.24, 2.45) is 0 Å². The Hall–Kier alpha value is -1.55. The van der Waals surface area contributed by atoms with E-state index in [1.165, 1.54) is 0 Å². The summed E-state index contributed by atoms with van der Waals surface area (Å²) in [5.74, 6) is 0. The number of pyridine rings is 1. The van der Waals surface area contributed by atoms with E-state index in [-0.39, 0.29) is 0 Å². The van der Waals surface area contributed by atoms with Gasteiger partial charge in [0, 0.05) is 18.9 Å². The Morgan fingerprint density at radius 2 is 2.24 bits per heavy atom. The lowest BCUT2D eigenvalue weighted by Gasteiger charge is -2.09. The van der Waals surface area contributed by atoms with Crippen molar-refractivity contribution in [3.05, 3.63) is 41.4 Å². The Kier molecular flexibility index (Phi) is 3.98. The van der Waals surface area contributed by atoms with Gasteiger partial charge in [-0.1, -0.05) is 18.5 Å². The van der Waals surface area contributed by atoms with E-state index in [4.69, 9.17) is 11.6 Å². The van der Waals surface area contributed by atoms with Gasteiger partial charge in [-0.3, -0.25) is 4.68 Å². The minimum absolute atomic E-state index is 0.494. The molecule has 17 heavy (non-hydrogen) atoms. The molecule has 0 unspecified atom stereocenters. The van der Waals surface area contributed by atoms with Crippen LogP contribution in [0.15, 0.2) is 30.6 Å². The first-order valence-corrected chi connectivity index (χ1v) is 6.04. The fraction of sp³-hybridized carbons (Fsp3) is 0.333. The number of halogens is 1. The Bertz CT molecular complexity index is 481. The van der Waals surface area contributed by atoms with Gasteiger partial charge in [-0.05, 0) is 24.6 Å². The first-order chi connectivity index (χ1) is 8.31. The summed E-state index contributed by atoms with van der Waals surface area (Å²) in [6.45, 7) is 3.77. The fourth-order valence-electron chi connectivity index (χ4n) is 1.63. The topological polar surface area (TPSA) is 42.7 Å². The van der Waals surface area contributed by atoms with Crippen LogP contribution in [0.25, 0.3) is 0 Å². The number of aryl methyl sites for hydroxylation is 1. The quantitative estimate of drug-likeness (QED) is 0.830. The van der Waals surface area contributed by atoms with Gasteiger partial charge in [0.25, 0.3) is 0 Å². The van der Waals surface area contributed by atoms with Crippen LogP contribution in [0.3, 0.4) is 0 Å². The van der Waals surface area contributed by atoms with Crippen LogP contribution in [0.2, 0.25) is 5.15 Å². The Morgan fingerprint density at radius 1 is 1.35 bits per heavy atom. The number of rotatable bonds is 5. The second-order valence-electron chi connectivity index (χ2n) is 3.74. The highest BCUT2D eigenvalue weighted by Crippen LogP contribution is 2.18. The molecular formula is C12H15ClN4. The maximum Gasteiger partial charge on any atom is 0.152 e. The van der Waals surface area contributed by atoms with Crippen molar-refractivity contribution >= 4 is 17.3 Å². The third-order valence-corrected chi connectivity index (χ3v) is 2.76. The molecule has 2 rings (SSSR count). The predicted molar refractivity (Wildman–Crippen MR) is 69.1 cm³/mol. The minimum Gasteiger partial charge on any atom is -0.377 e. The van der Waals surface area contributed by atoms with E-state index in [9.17, 15) is 0 Å². The Labute approximate surface area is 106 Å². The lowest BCUT2D eigenvalue weighted by molar-refractivity contribution is 0.578. The molecule has 1 N–H and O–H groups in total. The van der Waals surface area contributed by atoms with Gasteiger partial charge < -0.3 is 5.32 Å². The molecule has 0 atom stereocenters. The van der Waals surface area contributed by atoms with Crippen LogP contribution in [0.5, 0.6) is 0 Å². The van der Waals surface area contributed by atoms with Crippen molar-refractivity contribution in [3.63, 3.8) is 0 Å². The standard InChI is InChI=1S/C12H15ClN4/c1-2-8-17-10(5-7-16-17)9-15-11-4-3-6-14-12(11)13/h3-7,15H,2,8-9H2,1H3. The molecule has 2 aromatic rings. The van der Waals surface area contributed by atoms with Gasteiger partial charge in [-0.2, -0.15) is 5.10 Å². The molecule has 5 heteroatoms. The van der Waals surface area contributed by atoms with Crippen LogP contribution in [0, 0.1) is 0 Å². The highest BCUT2D eigenvalue weighted by atomic mass is 35.5. The van der Waals surface area contributed by atoms with E-state index >= 15 is 0 Å². The fourth-order valence-corrected chi connectivity index (χ4v) is 1.81. The number of nitrogens with zero attached hydrogens (tertiary/aromatic N) is 3. The molecule has 0 fully saturated rings. The summed E-state index contributed by atoms with van der Waals surface area (Å²) in [7, 11) is 0. The summed E-state index contributed by atoms with van der Waals surface area (Å²) >= 11 is 5.97. The zero-order chi connectivity index (χ0) is 12.1.